The number of nitrogens with one attached hydrogen (secondary N) is 1. The summed E-state index contributed by atoms with van der Waals surface area (Å²) in [5.41, 5.74) is 0.960. The van der Waals surface area contributed by atoms with Gasteiger partial charge < -0.3 is 9.72 Å². The van der Waals surface area contributed by atoms with E-state index in [-0.39, 0.29) is 18.0 Å². The number of aromatic nitrogens is 2. The average Bonchev–Trinajstić information content (AvgIpc) is 2.78. The van der Waals surface area contributed by atoms with Crippen molar-refractivity contribution in [2.24, 2.45) is 0 Å². The molecule has 0 unspecified atom stereocenters. The Morgan fingerprint density at radius 2 is 1.84 bits per heavy atom. The number of nitriles is 1. The number of rotatable bonds is 5. The van der Waals surface area contributed by atoms with Crippen LogP contribution in [0, 0.1) is 11.3 Å². The van der Waals surface area contributed by atoms with Gasteiger partial charge in [0, 0.05) is 14.8 Å². The van der Waals surface area contributed by atoms with E-state index >= 15 is 0 Å². The molecule has 8 heteroatoms. The van der Waals surface area contributed by atoms with Crippen LogP contribution in [0.4, 0.5) is 0 Å². The van der Waals surface area contributed by atoms with Crippen LogP contribution >= 0.6 is 23.4 Å². The van der Waals surface area contributed by atoms with Crippen LogP contribution in [-0.4, -0.2) is 15.9 Å². The maximum Gasteiger partial charge on any atom is 0.339 e. The van der Waals surface area contributed by atoms with Gasteiger partial charge in [0.1, 0.15) is 18.5 Å². The van der Waals surface area contributed by atoms with E-state index in [2.05, 4.69) is 16.0 Å². The predicted molar refractivity (Wildman–Crippen MR) is 118 cm³/mol. The average molecular weight is 448 g/mol. The Labute approximate surface area is 186 Å². The first-order chi connectivity index (χ1) is 15.0. The highest BCUT2D eigenvalue weighted by atomic mass is 35.5. The van der Waals surface area contributed by atoms with E-state index in [4.69, 9.17) is 16.3 Å². The number of nitrogens with zero attached hydrogens (tertiary/aromatic N) is 2. The largest absolute Gasteiger partial charge is 0.454 e. The number of H-pyrrole nitrogens is 1. The summed E-state index contributed by atoms with van der Waals surface area (Å²) in [7, 11) is 0. The second-order valence-corrected chi connectivity index (χ2v) is 7.98. The van der Waals surface area contributed by atoms with Gasteiger partial charge in [-0.25, -0.2) is 9.78 Å². The van der Waals surface area contributed by atoms with Crippen LogP contribution in [0.2, 0.25) is 5.02 Å². The number of benzene rings is 3. The van der Waals surface area contributed by atoms with Gasteiger partial charge in [0.2, 0.25) is 0 Å². The van der Waals surface area contributed by atoms with Crippen LogP contribution in [0.1, 0.15) is 21.7 Å². The fourth-order valence-electron chi connectivity index (χ4n) is 2.93. The van der Waals surface area contributed by atoms with Gasteiger partial charge in [0.05, 0.1) is 22.0 Å². The number of aromatic amines is 1. The van der Waals surface area contributed by atoms with Crippen molar-refractivity contribution in [3.63, 3.8) is 0 Å². The van der Waals surface area contributed by atoms with Crippen LogP contribution in [0.25, 0.3) is 10.9 Å². The Kier molecular flexibility index (Phi) is 6.03. The number of ether oxygens (including phenoxy) is 1. The summed E-state index contributed by atoms with van der Waals surface area (Å²) < 4.78 is 5.40. The minimum Gasteiger partial charge on any atom is -0.454 e. The molecule has 4 aromatic rings. The molecule has 3 aromatic carbocycles. The van der Waals surface area contributed by atoms with E-state index in [1.54, 1.807) is 54.6 Å². The van der Waals surface area contributed by atoms with Crippen LogP contribution in [0.3, 0.4) is 0 Å². The molecule has 0 fully saturated rings. The third kappa shape index (κ3) is 4.61. The third-order valence-electron chi connectivity index (χ3n) is 4.39. The topological polar surface area (TPSA) is 95.8 Å². The van der Waals surface area contributed by atoms with Crippen molar-refractivity contribution in [1.29, 1.82) is 5.26 Å². The molecule has 0 spiro atoms. The fourth-order valence-corrected chi connectivity index (χ4v) is 4.11. The first-order valence-electron chi connectivity index (χ1n) is 9.17. The standard InChI is InChI=1S/C23H14ClN3O3S/c24-15-9-10-16-18(11-15)26-21(27-22(16)28)13-30-23(29)17-6-2-4-8-20(17)31-19-7-3-1-5-14(19)12-25/h1-11H,13H2,(H,26,27,28). The second kappa shape index (κ2) is 9.04. The van der Waals surface area contributed by atoms with Crippen LogP contribution < -0.4 is 5.56 Å². The number of halogens is 1. The minimum absolute atomic E-state index is 0.204. The smallest absolute Gasteiger partial charge is 0.339 e. The predicted octanol–water partition coefficient (Wildman–Crippen LogP) is 4.96. The molecule has 1 N–H and O–H groups in total. The van der Waals surface area contributed by atoms with E-state index in [1.165, 1.54) is 11.8 Å². The summed E-state index contributed by atoms with van der Waals surface area (Å²) in [5.74, 6) is -0.348. The van der Waals surface area contributed by atoms with Gasteiger partial charge >= 0.3 is 5.97 Å². The second-order valence-electron chi connectivity index (χ2n) is 6.46. The molecule has 0 saturated carbocycles. The summed E-state index contributed by atoms with van der Waals surface area (Å²) in [4.78, 5) is 33.3. The Morgan fingerprint density at radius 3 is 2.65 bits per heavy atom. The van der Waals surface area contributed by atoms with E-state index in [0.29, 0.717) is 31.9 Å². The van der Waals surface area contributed by atoms with Crippen LogP contribution in [0.15, 0.2) is 81.3 Å². The van der Waals surface area contributed by atoms with Gasteiger partial charge in [0.15, 0.2) is 0 Å². The molecule has 0 saturated heterocycles. The highest BCUT2D eigenvalue weighted by molar-refractivity contribution is 7.99. The molecular weight excluding hydrogens is 434 g/mol. The fraction of sp³-hybridized carbons (Fsp3) is 0.0435. The number of fused-ring (bicyclic) bond motifs is 1. The molecule has 0 bridgehead atoms. The number of carbonyl (C=O) groups is 1. The zero-order valence-corrected chi connectivity index (χ0v) is 17.5. The SMILES string of the molecule is N#Cc1ccccc1Sc1ccccc1C(=O)OCc1nc2cc(Cl)ccc2c(=O)[nH]1. The van der Waals surface area contributed by atoms with Crippen LogP contribution in [0.5, 0.6) is 0 Å². The molecule has 4 rings (SSSR count). The molecule has 1 aromatic heterocycles. The summed E-state index contributed by atoms with van der Waals surface area (Å²) in [6, 6.07) is 21.1. The lowest BCUT2D eigenvalue weighted by atomic mass is 10.2. The number of esters is 1. The van der Waals surface area contributed by atoms with E-state index in [1.807, 2.05) is 12.1 Å². The lowest BCUT2D eigenvalue weighted by Crippen LogP contribution is -2.14. The van der Waals surface area contributed by atoms with Crippen molar-refractivity contribution in [2.75, 3.05) is 0 Å². The summed E-state index contributed by atoms with van der Waals surface area (Å²) >= 11 is 7.29. The number of carbonyl (C=O) groups excluding carboxylic acids is 1. The van der Waals surface area contributed by atoms with E-state index in [9.17, 15) is 14.9 Å². The number of hydrogen-bond donors (Lipinski definition) is 1. The Morgan fingerprint density at radius 1 is 1.10 bits per heavy atom. The molecule has 0 aliphatic heterocycles. The maximum absolute atomic E-state index is 12.7. The molecule has 0 radical (unpaired) electrons. The van der Waals surface area contributed by atoms with Gasteiger partial charge in [0.25, 0.3) is 5.56 Å². The lowest BCUT2D eigenvalue weighted by molar-refractivity contribution is 0.0458. The van der Waals surface area contributed by atoms with Crippen molar-refractivity contribution in [1.82, 2.24) is 9.97 Å². The van der Waals surface area contributed by atoms with Crippen molar-refractivity contribution < 1.29 is 9.53 Å². The third-order valence-corrected chi connectivity index (χ3v) is 5.78. The molecule has 0 amide bonds. The zero-order valence-electron chi connectivity index (χ0n) is 16.0. The Bertz CT molecular complexity index is 1390. The zero-order chi connectivity index (χ0) is 21.8. The Balaban J connectivity index is 1.55. The highest BCUT2D eigenvalue weighted by Gasteiger charge is 2.16. The molecule has 1 heterocycles. The van der Waals surface area contributed by atoms with Gasteiger partial charge in [-0.05, 0) is 42.5 Å². The Hall–Kier alpha value is -3.60. The summed E-state index contributed by atoms with van der Waals surface area (Å²) in [6.07, 6.45) is 0. The lowest BCUT2D eigenvalue weighted by Gasteiger charge is -2.10. The normalized spacial score (nSPS) is 10.6. The van der Waals surface area contributed by atoms with Gasteiger partial charge in [-0.15, -0.1) is 0 Å². The monoisotopic (exact) mass is 447 g/mol. The summed E-state index contributed by atoms with van der Waals surface area (Å²) in [5, 5.41) is 10.2. The van der Waals surface area contributed by atoms with Crippen molar-refractivity contribution in [2.45, 2.75) is 16.4 Å². The highest BCUT2D eigenvalue weighted by Crippen LogP contribution is 2.33. The molecule has 0 aliphatic rings. The van der Waals surface area contributed by atoms with Gasteiger partial charge in [-0.3, -0.25) is 4.79 Å². The summed E-state index contributed by atoms with van der Waals surface area (Å²) in [6.45, 7) is -0.204. The van der Waals surface area contributed by atoms with Crippen LogP contribution in [-0.2, 0) is 11.3 Å². The molecule has 0 aliphatic carbocycles. The number of hydrogen-bond acceptors (Lipinski definition) is 6. The maximum atomic E-state index is 12.7. The molecule has 31 heavy (non-hydrogen) atoms. The van der Waals surface area contributed by atoms with Gasteiger partial charge in [-0.1, -0.05) is 47.6 Å². The van der Waals surface area contributed by atoms with Crippen molar-refractivity contribution in [3.8, 4) is 6.07 Å². The molecule has 152 valence electrons. The minimum atomic E-state index is -0.564. The van der Waals surface area contributed by atoms with E-state index in [0.717, 1.165) is 4.90 Å². The van der Waals surface area contributed by atoms with Crippen molar-refractivity contribution >= 4 is 40.2 Å². The molecule has 6 nitrogen and oxygen atoms in total. The first kappa shape index (κ1) is 20.7. The van der Waals surface area contributed by atoms with E-state index < -0.39 is 5.97 Å². The first-order valence-corrected chi connectivity index (χ1v) is 10.4. The van der Waals surface area contributed by atoms with Gasteiger partial charge in [-0.2, -0.15) is 5.26 Å². The van der Waals surface area contributed by atoms with Crippen molar-refractivity contribution in [3.05, 3.63) is 99.1 Å². The molecular formula is C23H14ClN3O3S. The quantitative estimate of drug-likeness (QED) is 0.434. The molecule has 0 atom stereocenters.